The lowest BCUT2D eigenvalue weighted by atomic mass is 9.96. The maximum Gasteiger partial charge on any atom is 0.220 e. The molecule has 3 aliphatic rings. The minimum Gasteiger partial charge on any atom is -0.369 e. The number of nitrogens with two attached hydrogens (primary N) is 1. The highest BCUT2D eigenvalue weighted by Gasteiger charge is 2.26. The SMILES string of the molecule is CN1CCC[C@@H]1Cc1c[nH]c2ccc(CCS(=O)(=O)c3ccccc3)cc12.NC(=O)C1CCN(CCCN2c3ccccc3Sc3ccc(Cl)cc32)CC1. The molecule has 8 rings (SSSR count). The molecule has 4 heterocycles. The Bertz CT molecular complexity index is 2170. The quantitative estimate of drug-likeness (QED) is 0.139. The van der Waals surface area contributed by atoms with Crippen LogP contribution >= 0.6 is 23.4 Å². The second-order valence-electron chi connectivity index (χ2n) is 14.8. The smallest absolute Gasteiger partial charge is 0.220 e. The van der Waals surface area contributed by atoms with E-state index in [0.29, 0.717) is 17.4 Å². The second kappa shape index (κ2) is 17.3. The van der Waals surface area contributed by atoms with Gasteiger partial charge in [-0.3, -0.25) is 4.79 Å². The lowest BCUT2D eigenvalue weighted by Crippen LogP contribution is -2.39. The van der Waals surface area contributed by atoms with Gasteiger partial charge in [-0.1, -0.05) is 59.8 Å². The molecular formula is C43H50ClN5O3S2. The lowest BCUT2D eigenvalue weighted by Gasteiger charge is -2.34. The van der Waals surface area contributed by atoms with Crippen LogP contribution in [0, 0.1) is 5.92 Å². The first kappa shape index (κ1) is 38.5. The summed E-state index contributed by atoms with van der Waals surface area (Å²) < 4.78 is 25.1. The van der Waals surface area contributed by atoms with Crippen molar-refractivity contribution in [2.24, 2.45) is 11.7 Å². The van der Waals surface area contributed by atoms with Crippen molar-refractivity contribution < 1.29 is 13.2 Å². The summed E-state index contributed by atoms with van der Waals surface area (Å²) >= 11 is 8.09. The van der Waals surface area contributed by atoms with Crippen molar-refractivity contribution in [1.82, 2.24) is 14.8 Å². The Labute approximate surface area is 329 Å². The fourth-order valence-corrected chi connectivity index (χ4v) is 10.5. The number of carbonyl (C=O) groups is 1. The molecule has 2 saturated heterocycles. The fraction of sp³-hybridized carbons (Fsp3) is 0.372. The van der Waals surface area contributed by atoms with Crippen LogP contribution in [-0.2, 0) is 27.5 Å². The molecule has 8 nitrogen and oxygen atoms in total. The van der Waals surface area contributed by atoms with E-state index in [1.165, 1.54) is 51.5 Å². The number of hydrogen-bond donors (Lipinski definition) is 2. The van der Waals surface area contributed by atoms with Gasteiger partial charge in [-0.25, -0.2) is 8.42 Å². The number of likely N-dealkylation sites (N-methyl/N-ethyl adjacent to an activating group) is 1. The summed E-state index contributed by atoms with van der Waals surface area (Å²) in [6, 6.07) is 30.3. The van der Waals surface area contributed by atoms with Crippen LogP contribution < -0.4 is 10.6 Å². The zero-order valence-electron chi connectivity index (χ0n) is 30.9. The summed E-state index contributed by atoms with van der Waals surface area (Å²) in [5.41, 5.74) is 11.4. The van der Waals surface area contributed by atoms with Crippen LogP contribution in [0.4, 0.5) is 11.4 Å². The van der Waals surface area contributed by atoms with Crippen LogP contribution in [0.25, 0.3) is 10.9 Å². The van der Waals surface area contributed by atoms with Gasteiger partial charge in [-0.15, -0.1) is 0 Å². The maximum absolute atomic E-state index is 12.5. The standard InChI is InChI=1S/C22H26N2O2S.C21H24ClN3OS/c1-24-12-5-6-19(24)15-18-16-23-22-10-9-17(14-21(18)22)11-13-27(25,26)20-7-3-2-4-8-20;22-16-6-7-20-18(14-16)25(17-4-1-2-5-19(17)27-20)11-3-10-24-12-8-15(9-13-24)21(23)26/h2-4,7-10,14,16,19,23H,5-6,11-13,15H2,1H3;1-2,4-7,14-15H,3,8-13H2,(H2,23,26)/t19-;/m1./s1. The van der Waals surface area contributed by atoms with Crippen LogP contribution in [0.15, 0.2) is 112 Å². The topological polar surface area (TPSA) is 103 Å². The first-order chi connectivity index (χ1) is 26.1. The molecule has 0 unspecified atom stereocenters. The number of benzene rings is 4. The van der Waals surface area contributed by atoms with Gasteiger partial charge in [0, 0.05) is 50.4 Å². The van der Waals surface area contributed by atoms with Gasteiger partial charge in [0.25, 0.3) is 0 Å². The van der Waals surface area contributed by atoms with E-state index < -0.39 is 9.84 Å². The highest BCUT2D eigenvalue weighted by Crippen LogP contribution is 2.48. The molecule has 284 valence electrons. The molecule has 4 aromatic carbocycles. The van der Waals surface area contributed by atoms with Crippen LogP contribution in [-0.4, -0.2) is 80.7 Å². The van der Waals surface area contributed by atoms with E-state index in [4.69, 9.17) is 17.3 Å². The van der Waals surface area contributed by atoms with Gasteiger partial charge in [0.05, 0.1) is 22.0 Å². The molecule has 3 N–H and O–H groups in total. The molecule has 11 heteroatoms. The van der Waals surface area contributed by atoms with E-state index in [0.717, 1.165) is 68.0 Å². The number of piperidine rings is 1. The van der Waals surface area contributed by atoms with Crippen molar-refractivity contribution in [3.63, 3.8) is 0 Å². The van der Waals surface area contributed by atoms with E-state index in [1.807, 2.05) is 18.2 Å². The summed E-state index contributed by atoms with van der Waals surface area (Å²) in [6.45, 7) is 5.08. The lowest BCUT2D eigenvalue weighted by molar-refractivity contribution is -0.123. The number of para-hydroxylation sites is 1. The highest BCUT2D eigenvalue weighted by molar-refractivity contribution is 7.99. The number of fused-ring (bicyclic) bond motifs is 3. The van der Waals surface area contributed by atoms with Crippen LogP contribution in [0.5, 0.6) is 0 Å². The number of anilines is 2. The molecule has 0 aliphatic carbocycles. The summed E-state index contributed by atoms with van der Waals surface area (Å²) in [4.78, 5) is 24.9. The summed E-state index contributed by atoms with van der Waals surface area (Å²) in [5.74, 6) is 0.0417. The van der Waals surface area contributed by atoms with Crippen molar-refractivity contribution in [3.8, 4) is 0 Å². The van der Waals surface area contributed by atoms with E-state index in [2.05, 4.69) is 81.5 Å². The van der Waals surface area contributed by atoms with E-state index >= 15 is 0 Å². The highest BCUT2D eigenvalue weighted by atomic mass is 35.5. The number of primary amides is 1. The number of rotatable bonds is 11. The van der Waals surface area contributed by atoms with Gasteiger partial charge in [0.2, 0.25) is 5.91 Å². The number of nitrogens with zero attached hydrogens (tertiary/aromatic N) is 3. The van der Waals surface area contributed by atoms with Gasteiger partial charge in [-0.05, 0) is 144 Å². The Hall–Kier alpha value is -3.80. The average molecular weight is 784 g/mol. The molecule has 2 fully saturated rings. The number of hydrogen-bond acceptors (Lipinski definition) is 7. The predicted octanol–water partition coefficient (Wildman–Crippen LogP) is 8.35. The van der Waals surface area contributed by atoms with Gasteiger partial charge < -0.3 is 25.4 Å². The number of aromatic nitrogens is 1. The number of halogens is 1. The molecular weight excluding hydrogens is 734 g/mol. The zero-order valence-corrected chi connectivity index (χ0v) is 33.3. The minimum absolute atomic E-state index is 0.0567. The Kier molecular flexibility index (Phi) is 12.4. The molecule has 1 atom stereocenters. The van der Waals surface area contributed by atoms with E-state index in [9.17, 15) is 13.2 Å². The third-order valence-electron chi connectivity index (χ3n) is 11.2. The number of sulfone groups is 1. The number of likely N-dealkylation sites (tertiary alicyclic amines) is 2. The second-order valence-corrected chi connectivity index (χ2v) is 18.4. The molecule has 0 saturated carbocycles. The van der Waals surface area contributed by atoms with Crippen LogP contribution in [0.2, 0.25) is 5.02 Å². The van der Waals surface area contributed by atoms with E-state index in [-0.39, 0.29) is 17.6 Å². The summed E-state index contributed by atoms with van der Waals surface area (Å²) in [7, 11) is -1.05. The molecule has 54 heavy (non-hydrogen) atoms. The number of nitrogens with one attached hydrogen (secondary N) is 1. The van der Waals surface area contributed by atoms with Gasteiger partial charge in [0.15, 0.2) is 9.84 Å². The summed E-state index contributed by atoms with van der Waals surface area (Å²) in [6.07, 6.45) is 9.04. The van der Waals surface area contributed by atoms with Gasteiger partial charge in [0.1, 0.15) is 0 Å². The van der Waals surface area contributed by atoms with Crippen molar-refractivity contribution in [2.75, 3.05) is 50.4 Å². The maximum atomic E-state index is 12.5. The molecule has 3 aliphatic heterocycles. The van der Waals surface area contributed by atoms with Crippen molar-refractivity contribution in [3.05, 3.63) is 113 Å². The Balaban J connectivity index is 0.000000167. The Morgan fingerprint density at radius 2 is 1.65 bits per heavy atom. The largest absolute Gasteiger partial charge is 0.369 e. The molecule has 0 bridgehead atoms. The Morgan fingerprint density at radius 1 is 0.889 bits per heavy atom. The van der Waals surface area contributed by atoms with Crippen LogP contribution in [0.3, 0.4) is 0 Å². The van der Waals surface area contributed by atoms with Gasteiger partial charge in [-0.2, -0.15) is 0 Å². The third kappa shape index (κ3) is 9.17. The van der Waals surface area contributed by atoms with Crippen molar-refractivity contribution in [2.45, 2.75) is 65.7 Å². The molecule has 1 aromatic heterocycles. The van der Waals surface area contributed by atoms with Crippen LogP contribution in [0.1, 0.15) is 43.2 Å². The van der Waals surface area contributed by atoms with E-state index in [1.54, 1.807) is 36.0 Å². The zero-order chi connectivity index (χ0) is 37.7. The van der Waals surface area contributed by atoms with Crippen molar-refractivity contribution in [1.29, 1.82) is 0 Å². The number of aryl methyl sites for hydroxylation is 1. The molecule has 5 aromatic rings. The number of amides is 1. The number of carbonyl (C=O) groups excluding carboxylic acids is 1. The number of aromatic amines is 1. The minimum atomic E-state index is -3.25. The normalized spacial score (nSPS) is 17.9. The molecule has 0 radical (unpaired) electrons. The Morgan fingerprint density at radius 3 is 2.41 bits per heavy atom. The predicted molar refractivity (Wildman–Crippen MR) is 222 cm³/mol. The molecule has 0 spiro atoms. The summed E-state index contributed by atoms with van der Waals surface area (Å²) in [5, 5.41) is 2.00. The van der Waals surface area contributed by atoms with Crippen molar-refractivity contribution >= 4 is 61.4 Å². The first-order valence-corrected chi connectivity index (χ1v) is 21.9. The number of H-pyrrole nitrogens is 1. The average Bonchev–Trinajstić information content (AvgIpc) is 3.79. The monoisotopic (exact) mass is 783 g/mol. The first-order valence-electron chi connectivity index (χ1n) is 19.1. The molecule has 1 amide bonds. The fourth-order valence-electron chi connectivity index (χ4n) is 7.98. The van der Waals surface area contributed by atoms with Gasteiger partial charge >= 0.3 is 0 Å². The third-order valence-corrected chi connectivity index (χ3v) is 14.3.